The zero-order valence-electron chi connectivity index (χ0n) is 25.2. The van der Waals surface area contributed by atoms with E-state index in [0.29, 0.717) is 9.54 Å². The van der Waals surface area contributed by atoms with Crippen molar-refractivity contribution in [2.75, 3.05) is 0 Å². The first kappa shape index (κ1) is 27.2. The average Bonchev–Trinajstić information content (AvgIpc) is 3.36. The molecule has 0 amide bonds. The fourth-order valence-electron chi connectivity index (χ4n) is 6.99. The van der Waals surface area contributed by atoms with E-state index in [2.05, 4.69) is 134 Å². The van der Waals surface area contributed by atoms with Crippen molar-refractivity contribution < 1.29 is 22.4 Å². The van der Waals surface area contributed by atoms with Gasteiger partial charge in [0.25, 0.3) is 0 Å². The number of benzene rings is 4. The van der Waals surface area contributed by atoms with Gasteiger partial charge in [-0.3, -0.25) is 0 Å². The van der Waals surface area contributed by atoms with Crippen LogP contribution in [0.1, 0.15) is 97.0 Å². The maximum absolute atomic E-state index is 2.61. The molecule has 2 aliphatic carbocycles. The van der Waals surface area contributed by atoms with Crippen molar-refractivity contribution in [3.8, 4) is 11.1 Å². The minimum absolute atomic E-state index is 0.0838. The van der Waals surface area contributed by atoms with Crippen LogP contribution in [0.15, 0.2) is 72.3 Å². The minimum atomic E-state index is -0.672. The molecule has 2 heteroatoms. The molecule has 6 rings (SSSR count). The zero-order valence-corrected chi connectivity index (χ0v) is 28.8. The predicted molar refractivity (Wildman–Crippen MR) is 169 cm³/mol. The van der Waals surface area contributed by atoms with Crippen molar-refractivity contribution in [1.82, 2.24) is 0 Å². The molecule has 0 aromatic heterocycles. The second kappa shape index (κ2) is 9.53. The topological polar surface area (TPSA) is 0 Å². The van der Waals surface area contributed by atoms with Gasteiger partial charge in [0.1, 0.15) is 0 Å². The summed E-state index contributed by atoms with van der Waals surface area (Å²) in [6.07, 6.45) is 2.50. The molecule has 4 aromatic carbocycles. The van der Waals surface area contributed by atoms with Gasteiger partial charge >= 0.3 is 249 Å². The van der Waals surface area contributed by atoms with E-state index >= 15 is 0 Å². The molecule has 0 radical (unpaired) electrons. The molecule has 2 unspecified atom stereocenters. The Morgan fingerprint density at radius 2 is 1.44 bits per heavy atom. The summed E-state index contributed by atoms with van der Waals surface area (Å²) in [7, 11) is 0. The van der Waals surface area contributed by atoms with Crippen LogP contribution in [0.2, 0.25) is 13.1 Å². The Hall–Kier alpha value is -2.02. The Labute approximate surface area is 248 Å². The molecule has 39 heavy (non-hydrogen) atoms. The number of allylic oxidation sites excluding steroid dienone is 1. The van der Waals surface area contributed by atoms with Gasteiger partial charge in [-0.05, 0) is 0 Å². The summed E-state index contributed by atoms with van der Waals surface area (Å²) in [5.41, 5.74) is 15.7. The molecule has 0 fully saturated rings. The summed E-state index contributed by atoms with van der Waals surface area (Å²) < 4.78 is 0.655. The quantitative estimate of drug-likeness (QED) is 0.204. The van der Waals surface area contributed by atoms with Crippen LogP contribution in [0.25, 0.3) is 28.0 Å². The summed E-state index contributed by atoms with van der Waals surface area (Å²) in [4.78, 5) is 0. The van der Waals surface area contributed by atoms with Crippen LogP contribution in [-0.2, 0) is 33.2 Å². The van der Waals surface area contributed by atoms with Gasteiger partial charge in [-0.1, -0.05) is 0 Å². The molecule has 0 nitrogen and oxygen atoms in total. The number of hydrogen-bond donors (Lipinski definition) is 0. The van der Waals surface area contributed by atoms with Gasteiger partial charge in [-0.2, -0.15) is 0 Å². The van der Waals surface area contributed by atoms with Crippen molar-refractivity contribution >= 4 is 22.8 Å². The molecule has 0 aliphatic heterocycles. The Balaban J connectivity index is 1.66. The van der Waals surface area contributed by atoms with Gasteiger partial charge in [0.05, 0.1) is 0 Å². The van der Waals surface area contributed by atoms with Crippen LogP contribution in [-0.4, -0.2) is 5.92 Å². The maximum atomic E-state index is 2.61. The molecule has 0 saturated carbocycles. The van der Waals surface area contributed by atoms with Gasteiger partial charge in [-0.15, -0.1) is 0 Å². The molecule has 0 spiro atoms. The normalized spacial score (nSPS) is 18.3. The molecule has 0 bridgehead atoms. The van der Waals surface area contributed by atoms with Gasteiger partial charge in [0.15, 0.2) is 0 Å². The molecule has 0 saturated heterocycles. The second-order valence-electron chi connectivity index (χ2n) is 14.2. The van der Waals surface area contributed by atoms with E-state index in [1.54, 1.807) is 22.3 Å². The van der Waals surface area contributed by atoms with E-state index in [1.165, 1.54) is 44.2 Å². The van der Waals surface area contributed by atoms with Gasteiger partial charge in [0, 0.05) is 0 Å². The van der Waals surface area contributed by atoms with Crippen molar-refractivity contribution in [1.29, 1.82) is 0 Å². The monoisotopic (exact) mass is 604 g/mol. The first-order valence-electron chi connectivity index (χ1n) is 14.6. The first-order chi connectivity index (χ1) is 18.4. The second-order valence-corrected chi connectivity index (χ2v) is 29.2. The Morgan fingerprint density at radius 3 is 2.13 bits per heavy atom. The molecule has 2 aliphatic rings. The fraction of sp³-hybridized carbons (Fsp3) is 0.351. The van der Waals surface area contributed by atoms with Crippen LogP contribution in [0, 0.1) is 0 Å². The number of hydrogen-bond acceptors (Lipinski definition) is 0. The van der Waals surface area contributed by atoms with E-state index in [4.69, 9.17) is 0 Å². The van der Waals surface area contributed by atoms with E-state index in [-0.39, 0.29) is 10.8 Å². The number of fused-ring (bicyclic) bond motifs is 6. The Bertz CT molecular complexity index is 1640. The molecule has 0 heterocycles. The third-order valence-corrected chi connectivity index (χ3v) is 18.7. The van der Waals surface area contributed by atoms with Crippen molar-refractivity contribution in [2.45, 2.75) is 81.9 Å². The van der Waals surface area contributed by atoms with Crippen LogP contribution in [0.3, 0.4) is 0 Å². The summed E-state index contributed by atoms with van der Waals surface area (Å²) in [6, 6.07) is 26.2. The van der Waals surface area contributed by atoms with Gasteiger partial charge in [0.2, 0.25) is 0 Å². The Morgan fingerprint density at radius 1 is 0.718 bits per heavy atom. The summed E-state index contributed by atoms with van der Waals surface area (Å²) in [6.45, 7) is 21.9. The van der Waals surface area contributed by atoms with Crippen LogP contribution >= 0.6 is 0 Å². The summed E-state index contributed by atoms with van der Waals surface area (Å²) in [5.74, 6) is -0.338. The van der Waals surface area contributed by atoms with E-state index in [0.717, 1.165) is 0 Å². The molecule has 0 N–H and O–H groups in total. The molecule has 4 aromatic rings. The van der Waals surface area contributed by atoms with Crippen molar-refractivity contribution in [2.24, 2.45) is 0 Å². The van der Waals surface area contributed by atoms with E-state index in [9.17, 15) is 0 Å². The van der Waals surface area contributed by atoms with Crippen molar-refractivity contribution in [3.05, 3.63) is 111 Å². The van der Waals surface area contributed by atoms with Gasteiger partial charge < -0.3 is 0 Å². The van der Waals surface area contributed by atoms with Crippen LogP contribution in [0.5, 0.6) is 0 Å². The average molecular weight is 606 g/mol. The van der Waals surface area contributed by atoms with Crippen LogP contribution in [0.4, 0.5) is 0 Å². The summed E-state index contributed by atoms with van der Waals surface area (Å²) >= 11 is -0.624. The summed E-state index contributed by atoms with van der Waals surface area (Å²) in [5, 5.41) is 2.73. The SMILES string of the molecule is CC1=Cc2c(ccc3ccccc23)C1c1c(C(C)(C)C)ccc2c1[CH]([Zr][SiH](C)C)c1cc(C(C)(C)C)ccc1-2. The first-order valence-corrected chi connectivity index (χ1v) is 23.2. The Kier molecular flexibility index (Phi) is 6.64. The standard InChI is InChI=1S/C35H35.C2H7Si.Zr/c1-21-18-29-25-11-9-8-10-22(25)12-14-28(29)32(21)33-30-20-23-19-24(34(2,3)4)13-15-26(23)27(30)16-17-31(33)35(5,6)7;1-3-2;/h8-20,32H,1-7H3;3H,1-2H3;. The van der Waals surface area contributed by atoms with Crippen LogP contribution < -0.4 is 0 Å². The van der Waals surface area contributed by atoms with E-state index in [1.807, 2.05) is 0 Å². The third-order valence-electron chi connectivity index (χ3n) is 8.83. The molecule has 2 atom stereocenters. The predicted octanol–water partition coefficient (Wildman–Crippen LogP) is 10.1. The molecular formula is C37H42SiZr. The van der Waals surface area contributed by atoms with E-state index < -0.39 is 28.3 Å². The zero-order chi connectivity index (χ0) is 27.9. The van der Waals surface area contributed by atoms with Gasteiger partial charge in [-0.25, -0.2) is 0 Å². The third kappa shape index (κ3) is 4.51. The molecular weight excluding hydrogens is 564 g/mol. The number of rotatable bonds is 3. The van der Waals surface area contributed by atoms with Crippen molar-refractivity contribution in [3.63, 3.8) is 0 Å². The fourth-order valence-corrected chi connectivity index (χ4v) is 16.8. The molecule has 198 valence electrons.